The van der Waals surface area contributed by atoms with Gasteiger partial charge in [0.25, 0.3) is 0 Å². The molecule has 0 unspecified atom stereocenters. The molecule has 0 amide bonds. The highest BCUT2D eigenvalue weighted by Gasteiger charge is 2.03. The fourth-order valence-electron chi connectivity index (χ4n) is 1.50. The van der Waals surface area contributed by atoms with Crippen molar-refractivity contribution in [1.29, 1.82) is 0 Å². The Labute approximate surface area is 91.9 Å². The molecule has 0 aliphatic carbocycles. The lowest BCUT2D eigenvalue weighted by atomic mass is 10.1. The molecule has 1 aromatic rings. The van der Waals surface area contributed by atoms with Crippen LogP contribution in [0.5, 0.6) is 0 Å². The smallest absolute Gasteiger partial charge is 0.0761 e. The minimum Gasteiger partial charge on any atom is -0.389 e. The molecular formula is C13H19NO. The van der Waals surface area contributed by atoms with Gasteiger partial charge in [-0.25, -0.2) is 0 Å². The zero-order chi connectivity index (χ0) is 11.4. The first-order valence-electron chi connectivity index (χ1n) is 5.14. The van der Waals surface area contributed by atoms with Gasteiger partial charge in [0.2, 0.25) is 0 Å². The van der Waals surface area contributed by atoms with Crippen molar-refractivity contribution in [2.24, 2.45) is 0 Å². The molecule has 2 heteroatoms. The average Bonchev–Trinajstić information content (AvgIpc) is 2.17. The van der Waals surface area contributed by atoms with Gasteiger partial charge in [0, 0.05) is 19.3 Å². The predicted octanol–water partition coefficient (Wildman–Crippen LogP) is 2.75. The van der Waals surface area contributed by atoms with Crippen LogP contribution in [0.25, 0.3) is 0 Å². The number of anilines is 1. The number of benzene rings is 1. The van der Waals surface area contributed by atoms with Gasteiger partial charge in [-0.05, 0) is 31.5 Å². The van der Waals surface area contributed by atoms with Crippen LogP contribution in [0.1, 0.15) is 25.5 Å². The standard InChI is InChI=1S/C13H19NO/c1-10(2)9-14(4)13-7-5-12(6-8-13)11(3)15/h5-8,11,15H,1,9H2,2-4H3/t11-/m1/s1. The second-order valence-electron chi connectivity index (χ2n) is 4.08. The summed E-state index contributed by atoms with van der Waals surface area (Å²) in [5.74, 6) is 0. The van der Waals surface area contributed by atoms with Crippen LogP contribution in [-0.4, -0.2) is 18.7 Å². The third kappa shape index (κ3) is 3.40. The van der Waals surface area contributed by atoms with Crippen molar-refractivity contribution in [1.82, 2.24) is 0 Å². The van der Waals surface area contributed by atoms with Crippen molar-refractivity contribution in [2.45, 2.75) is 20.0 Å². The van der Waals surface area contributed by atoms with E-state index in [1.54, 1.807) is 6.92 Å². The van der Waals surface area contributed by atoms with Gasteiger partial charge >= 0.3 is 0 Å². The maximum absolute atomic E-state index is 9.37. The van der Waals surface area contributed by atoms with Crippen LogP contribution in [0.4, 0.5) is 5.69 Å². The van der Waals surface area contributed by atoms with E-state index in [4.69, 9.17) is 0 Å². The molecule has 0 heterocycles. The van der Waals surface area contributed by atoms with E-state index in [1.165, 1.54) is 0 Å². The van der Waals surface area contributed by atoms with Gasteiger partial charge < -0.3 is 10.0 Å². The van der Waals surface area contributed by atoms with Gasteiger partial charge in [0.15, 0.2) is 0 Å². The molecule has 1 aromatic carbocycles. The number of aliphatic hydroxyl groups is 1. The zero-order valence-corrected chi connectivity index (χ0v) is 9.70. The number of aliphatic hydroxyl groups excluding tert-OH is 1. The summed E-state index contributed by atoms with van der Waals surface area (Å²) < 4.78 is 0. The van der Waals surface area contributed by atoms with Crippen molar-refractivity contribution in [3.05, 3.63) is 42.0 Å². The molecule has 0 aliphatic heterocycles. The predicted molar refractivity (Wildman–Crippen MR) is 65.2 cm³/mol. The summed E-state index contributed by atoms with van der Waals surface area (Å²) >= 11 is 0. The summed E-state index contributed by atoms with van der Waals surface area (Å²) in [5, 5.41) is 9.37. The van der Waals surface area contributed by atoms with E-state index >= 15 is 0 Å². The van der Waals surface area contributed by atoms with Crippen LogP contribution in [-0.2, 0) is 0 Å². The first-order chi connectivity index (χ1) is 7.00. The highest BCUT2D eigenvalue weighted by molar-refractivity contribution is 5.48. The Morgan fingerprint density at radius 2 is 1.93 bits per heavy atom. The molecule has 2 nitrogen and oxygen atoms in total. The van der Waals surface area contributed by atoms with Gasteiger partial charge in [0.1, 0.15) is 0 Å². The Kier molecular flexibility index (Phi) is 3.92. The summed E-state index contributed by atoms with van der Waals surface area (Å²) in [7, 11) is 2.03. The second-order valence-corrected chi connectivity index (χ2v) is 4.08. The Balaban J connectivity index is 2.75. The Morgan fingerprint density at radius 3 is 2.33 bits per heavy atom. The number of likely N-dealkylation sites (N-methyl/N-ethyl adjacent to an activating group) is 1. The summed E-state index contributed by atoms with van der Waals surface area (Å²) in [5.41, 5.74) is 3.22. The summed E-state index contributed by atoms with van der Waals surface area (Å²) in [4.78, 5) is 2.13. The molecular weight excluding hydrogens is 186 g/mol. The van der Waals surface area contributed by atoms with Gasteiger partial charge in [-0.15, -0.1) is 0 Å². The van der Waals surface area contributed by atoms with E-state index in [2.05, 4.69) is 11.5 Å². The van der Waals surface area contributed by atoms with Gasteiger partial charge in [0.05, 0.1) is 6.10 Å². The molecule has 0 bridgehead atoms. The van der Waals surface area contributed by atoms with Crippen LogP contribution in [0.2, 0.25) is 0 Å². The Hall–Kier alpha value is -1.28. The normalized spacial score (nSPS) is 12.3. The van der Waals surface area contributed by atoms with Crippen LogP contribution in [0.15, 0.2) is 36.4 Å². The molecule has 0 spiro atoms. The van der Waals surface area contributed by atoms with Crippen LogP contribution < -0.4 is 4.90 Å². The lowest BCUT2D eigenvalue weighted by molar-refractivity contribution is 0.199. The van der Waals surface area contributed by atoms with Crippen LogP contribution in [0, 0.1) is 0 Å². The van der Waals surface area contributed by atoms with Crippen LogP contribution in [0.3, 0.4) is 0 Å². The third-order valence-electron chi connectivity index (χ3n) is 2.32. The quantitative estimate of drug-likeness (QED) is 0.764. The first kappa shape index (κ1) is 11.8. The van der Waals surface area contributed by atoms with Crippen molar-refractivity contribution in [3.8, 4) is 0 Å². The zero-order valence-electron chi connectivity index (χ0n) is 9.70. The second kappa shape index (κ2) is 4.99. The van der Waals surface area contributed by atoms with E-state index in [0.717, 1.165) is 23.4 Å². The van der Waals surface area contributed by atoms with Gasteiger partial charge in [-0.3, -0.25) is 0 Å². The molecule has 0 fully saturated rings. The average molecular weight is 205 g/mol. The lowest BCUT2D eigenvalue weighted by Gasteiger charge is -2.19. The van der Waals surface area contributed by atoms with E-state index < -0.39 is 6.10 Å². The Morgan fingerprint density at radius 1 is 1.40 bits per heavy atom. The topological polar surface area (TPSA) is 23.5 Å². The summed E-state index contributed by atoms with van der Waals surface area (Å²) in [6, 6.07) is 7.94. The largest absolute Gasteiger partial charge is 0.389 e. The van der Waals surface area contributed by atoms with E-state index in [-0.39, 0.29) is 0 Å². The number of nitrogens with zero attached hydrogens (tertiary/aromatic N) is 1. The highest BCUT2D eigenvalue weighted by atomic mass is 16.3. The first-order valence-corrected chi connectivity index (χ1v) is 5.14. The van der Waals surface area contributed by atoms with Crippen LogP contribution >= 0.6 is 0 Å². The van der Waals surface area contributed by atoms with E-state index in [0.29, 0.717) is 0 Å². The molecule has 0 radical (unpaired) electrons. The molecule has 15 heavy (non-hydrogen) atoms. The maximum atomic E-state index is 9.37. The molecule has 1 rings (SSSR count). The summed E-state index contributed by atoms with van der Waals surface area (Å²) in [6.45, 7) is 8.52. The molecule has 82 valence electrons. The van der Waals surface area contributed by atoms with E-state index in [9.17, 15) is 5.11 Å². The molecule has 0 aromatic heterocycles. The van der Waals surface area contributed by atoms with Crippen molar-refractivity contribution in [3.63, 3.8) is 0 Å². The fraction of sp³-hybridized carbons (Fsp3) is 0.385. The minimum absolute atomic E-state index is 0.398. The molecule has 1 N–H and O–H groups in total. The fourth-order valence-corrected chi connectivity index (χ4v) is 1.50. The highest BCUT2D eigenvalue weighted by Crippen LogP contribution is 2.18. The van der Waals surface area contributed by atoms with Gasteiger partial charge in [-0.1, -0.05) is 24.3 Å². The number of hydrogen-bond acceptors (Lipinski definition) is 2. The third-order valence-corrected chi connectivity index (χ3v) is 2.32. The molecule has 0 saturated heterocycles. The van der Waals surface area contributed by atoms with Gasteiger partial charge in [-0.2, -0.15) is 0 Å². The van der Waals surface area contributed by atoms with E-state index in [1.807, 2.05) is 38.2 Å². The SMILES string of the molecule is C=C(C)CN(C)c1ccc([C@@H](C)O)cc1. The molecule has 0 saturated carbocycles. The Bertz CT molecular complexity index is 327. The van der Waals surface area contributed by atoms with Crippen molar-refractivity contribution < 1.29 is 5.11 Å². The molecule has 0 aliphatic rings. The minimum atomic E-state index is -0.398. The lowest BCUT2D eigenvalue weighted by Crippen LogP contribution is -2.18. The monoisotopic (exact) mass is 205 g/mol. The maximum Gasteiger partial charge on any atom is 0.0761 e. The van der Waals surface area contributed by atoms with Crippen molar-refractivity contribution >= 4 is 5.69 Å². The summed E-state index contributed by atoms with van der Waals surface area (Å²) in [6.07, 6.45) is -0.398. The van der Waals surface area contributed by atoms with Crippen molar-refractivity contribution in [2.75, 3.05) is 18.5 Å². The number of hydrogen-bond donors (Lipinski definition) is 1. The molecule has 1 atom stereocenters. The number of rotatable bonds is 4.